The number of nitrogens with zero attached hydrogens (tertiary/aromatic N) is 2. The number of hydrogen-bond donors (Lipinski definition) is 2. The molecule has 0 bridgehead atoms. The van der Waals surface area contributed by atoms with Crippen LogP contribution >= 0.6 is 0 Å². The molecule has 1 aromatic carbocycles. The molecule has 5 heteroatoms. The summed E-state index contributed by atoms with van der Waals surface area (Å²) >= 11 is 0. The average Bonchev–Trinajstić information content (AvgIpc) is 2.95. The van der Waals surface area contributed by atoms with Crippen LogP contribution in [0.15, 0.2) is 53.7 Å². The Kier molecular flexibility index (Phi) is 6.88. The van der Waals surface area contributed by atoms with Gasteiger partial charge in [0.05, 0.1) is 6.54 Å². The minimum absolute atomic E-state index is 0.448. The van der Waals surface area contributed by atoms with Crippen LogP contribution in [0.25, 0.3) is 0 Å². The summed E-state index contributed by atoms with van der Waals surface area (Å²) in [7, 11) is 0. The molecule has 3 rings (SSSR count). The van der Waals surface area contributed by atoms with E-state index in [2.05, 4.69) is 15.3 Å². The maximum atomic E-state index is 6.10. The van der Waals surface area contributed by atoms with Crippen molar-refractivity contribution in [3.63, 3.8) is 0 Å². The van der Waals surface area contributed by atoms with E-state index in [1.54, 1.807) is 6.20 Å². The molecule has 0 saturated heterocycles. The summed E-state index contributed by atoms with van der Waals surface area (Å²) in [6.07, 6.45) is 9.28. The van der Waals surface area contributed by atoms with Crippen molar-refractivity contribution in [3.05, 3.63) is 59.8 Å². The van der Waals surface area contributed by atoms with E-state index < -0.39 is 0 Å². The predicted octanol–water partition coefficient (Wildman–Crippen LogP) is 3.79. The lowest BCUT2D eigenvalue weighted by atomic mass is 10.1. The highest BCUT2D eigenvalue weighted by molar-refractivity contribution is 5.78. The molecule has 0 aliphatic heterocycles. The SMILES string of the molecule is NC(=NCc1cccnc1OCc1ccccc1)NC1CCCCCC1. The van der Waals surface area contributed by atoms with Crippen LogP contribution in [0.5, 0.6) is 5.88 Å². The van der Waals surface area contributed by atoms with Gasteiger partial charge in [0, 0.05) is 17.8 Å². The van der Waals surface area contributed by atoms with Crippen molar-refractivity contribution in [3.8, 4) is 5.88 Å². The highest BCUT2D eigenvalue weighted by Gasteiger charge is 2.12. The van der Waals surface area contributed by atoms with E-state index in [9.17, 15) is 0 Å². The van der Waals surface area contributed by atoms with Crippen LogP contribution in [-0.4, -0.2) is 17.0 Å². The molecule has 138 valence electrons. The first-order chi connectivity index (χ1) is 12.8. The van der Waals surface area contributed by atoms with Crippen LogP contribution in [-0.2, 0) is 13.2 Å². The summed E-state index contributed by atoms with van der Waals surface area (Å²) in [4.78, 5) is 8.85. The molecule has 0 amide bonds. The van der Waals surface area contributed by atoms with Gasteiger partial charge in [-0.05, 0) is 24.5 Å². The molecule has 2 aromatic rings. The average molecular weight is 352 g/mol. The summed E-state index contributed by atoms with van der Waals surface area (Å²) in [5.41, 5.74) is 8.15. The van der Waals surface area contributed by atoms with Crippen molar-refractivity contribution in [1.29, 1.82) is 0 Å². The number of nitrogens with one attached hydrogen (secondary N) is 1. The predicted molar refractivity (Wildman–Crippen MR) is 105 cm³/mol. The number of rotatable bonds is 6. The summed E-state index contributed by atoms with van der Waals surface area (Å²) in [6, 6.07) is 14.4. The van der Waals surface area contributed by atoms with Crippen molar-refractivity contribution in [2.45, 2.75) is 57.7 Å². The monoisotopic (exact) mass is 352 g/mol. The molecule has 0 atom stereocenters. The molecule has 0 radical (unpaired) electrons. The maximum absolute atomic E-state index is 6.10. The Hall–Kier alpha value is -2.56. The van der Waals surface area contributed by atoms with Gasteiger partial charge in [-0.2, -0.15) is 0 Å². The first-order valence-corrected chi connectivity index (χ1v) is 9.48. The van der Waals surface area contributed by atoms with E-state index in [1.807, 2.05) is 42.5 Å². The summed E-state index contributed by atoms with van der Waals surface area (Å²) in [5, 5.41) is 3.37. The number of pyridine rings is 1. The Morgan fingerprint density at radius 3 is 2.62 bits per heavy atom. The van der Waals surface area contributed by atoms with E-state index in [-0.39, 0.29) is 0 Å². The smallest absolute Gasteiger partial charge is 0.218 e. The van der Waals surface area contributed by atoms with Crippen LogP contribution in [0.2, 0.25) is 0 Å². The minimum atomic E-state index is 0.448. The van der Waals surface area contributed by atoms with Crippen molar-refractivity contribution in [2.75, 3.05) is 0 Å². The van der Waals surface area contributed by atoms with Crippen LogP contribution in [0, 0.1) is 0 Å². The Morgan fingerprint density at radius 2 is 1.85 bits per heavy atom. The number of nitrogens with two attached hydrogens (primary N) is 1. The van der Waals surface area contributed by atoms with Gasteiger partial charge in [0.1, 0.15) is 6.61 Å². The zero-order chi connectivity index (χ0) is 18.0. The highest BCUT2D eigenvalue weighted by atomic mass is 16.5. The van der Waals surface area contributed by atoms with Crippen LogP contribution in [0.1, 0.15) is 49.7 Å². The van der Waals surface area contributed by atoms with E-state index >= 15 is 0 Å². The van der Waals surface area contributed by atoms with Gasteiger partial charge in [0.25, 0.3) is 0 Å². The molecular formula is C21H28N4O. The lowest BCUT2D eigenvalue weighted by molar-refractivity contribution is 0.290. The minimum Gasteiger partial charge on any atom is -0.473 e. The van der Waals surface area contributed by atoms with E-state index in [0.717, 1.165) is 11.1 Å². The van der Waals surface area contributed by atoms with Gasteiger partial charge in [0.2, 0.25) is 5.88 Å². The maximum Gasteiger partial charge on any atom is 0.218 e. The van der Waals surface area contributed by atoms with Crippen molar-refractivity contribution < 1.29 is 4.74 Å². The molecule has 1 aromatic heterocycles. The van der Waals surface area contributed by atoms with Crippen LogP contribution < -0.4 is 15.8 Å². The number of benzene rings is 1. The second kappa shape index (κ2) is 9.80. The van der Waals surface area contributed by atoms with Crippen LogP contribution in [0.3, 0.4) is 0 Å². The third kappa shape index (κ3) is 5.76. The van der Waals surface area contributed by atoms with Gasteiger partial charge in [-0.25, -0.2) is 9.98 Å². The summed E-state index contributed by atoms with van der Waals surface area (Å²) in [6.45, 7) is 0.952. The molecule has 0 spiro atoms. The molecule has 3 N–H and O–H groups in total. The number of guanidine groups is 1. The largest absolute Gasteiger partial charge is 0.473 e. The Balaban J connectivity index is 1.56. The first-order valence-electron chi connectivity index (χ1n) is 9.48. The van der Waals surface area contributed by atoms with Gasteiger partial charge in [-0.1, -0.05) is 62.1 Å². The summed E-state index contributed by atoms with van der Waals surface area (Å²) in [5.74, 6) is 1.12. The zero-order valence-corrected chi connectivity index (χ0v) is 15.2. The fourth-order valence-electron chi connectivity index (χ4n) is 3.25. The van der Waals surface area contributed by atoms with E-state index in [4.69, 9.17) is 10.5 Å². The molecule has 5 nitrogen and oxygen atoms in total. The second-order valence-corrected chi connectivity index (χ2v) is 6.78. The quantitative estimate of drug-likeness (QED) is 0.471. The standard InChI is InChI=1S/C21H28N4O/c22-21(25-19-12-6-1-2-7-13-19)24-15-18-11-8-14-23-20(18)26-16-17-9-4-3-5-10-17/h3-5,8-11,14,19H,1-2,6-7,12-13,15-16H2,(H3,22,24,25). The summed E-state index contributed by atoms with van der Waals surface area (Å²) < 4.78 is 5.88. The fraction of sp³-hybridized carbons (Fsp3) is 0.429. The molecule has 0 unspecified atom stereocenters. The molecule has 1 saturated carbocycles. The van der Waals surface area contributed by atoms with Crippen molar-refractivity contribution >= 4 is 5.96 Å². The lowest BCUT2D eigenvalue weighted by Gasteiger charge is -2.16. The first kappa shape index (κ1) is 18.2. The van der Waals surface area contributed by atoms with Crippen molar-refractivity contribution in [1.82, 2.24) is 10.3 Å². The molecule has 26 heavy (non-hydrogen) atoms. The number of hydrogen-bond acceptors (Lipinski definition) is 3. The van der Waals surface area contributed by atoms with Gasteiger partial charge < -0.3 is 15.8 Å². The molecule has 1 heterocycles. The van der Waals surface area contributed by atoms with E-state index in [1.165, 1.54) is 38.5 Å². The van der Waals surface area contributed by atoms with Gasteiger partial charge in [0.15, 0.2) is 5.96 Å². The van der Waals surface area contributed by atoms with Crippen molar-refractivity contribution in [2.24, 2.45) is 10.7 Å². The van der Waals surface area contributed by atoms with Gasteiger partial charge >= 0.3 is 0 Å². The number of aliphatic imine (C=N–C) groups is 1. The topological polar surface area (TPSA) is 72.5 Å². The Bertz CT molecular complexity index is 694. The van der Waals surface area contributed by atoms with E-state index in [0.29, 0.717) is 31.0 Å². The lowest BCUT2D eigenvalue weighted by Crippen LogP contribution is -2.39. The molecule has 1 aliphatic carbocycles. The molecule has 1 aliphatic rings. The number of aromatic nitrogens is 1. The zero-order valence-electron chi connectivity index (χ0n) is 15.2. The highest BCUT2D eigenvalue weighted by Crippen LogP contribution is 2.18. The molecule has 1 fully saturated rings. The third-order valence-electron chi connectivity index (χ3n) is 4.70. The van der Waals surface area contributed by atoms with Crippen LogP contribution in [0.4, 0.5) is 0 Å². The normalized spacial score (nSPS) is 16.1. The fourth-order valence-corrected chi connectivity index (χ4v) is 3.25. The van der Waals surface area contributed by atoms with Gasteiger partial charge in [-0.3, -0.25) is 0 Å². The molecular weight excluding hydrogens is 324 g/mol. The Labute approximate surface area is 155 Å². The second-order valence-electron chi connectivity index (χ2n) is 6.78. The Morgan fingerprint density at radius 1 is 1.08 bits per heavy atom. The number of ether oxygens (including phenoxy) is 1. The van der Waals surface area contributed by atoms with Gasteiger partial charge in [-0.15, -0.1) is 0 Å². The third-order valence-corrected chi connectivity index (χ3v) is 4.70.